The zero-order chi connectivity index (χ0) is 16.6. The molecule has 1 atom stereocenters. The van der Waals surface area contributed by atoms with E-state index in [9.17, 15) is 19.0 Å². The Balaban J connectivity index is 2.09. The lowest BCUT2D eigenvalue weighted by molar-refractivity contribution is 0.360. The summed E-state index contributed by atoms with van der Waals surface area (Å²) in [7, 11) is 0. The Hall–Kier alpha value is -2.10. The third-order valence-corrected chi connectivity index (χ3v) is 5.13. The molecule has 2 aromatic carbocycles. The molecule has 0 bridgehead atoms. The highest BCUT2D eigenvalue weighted by molar-refractivity contribution is 5.41. The van der Waals surface area contributed by atoms with Crippen molar-refractivity contribution in [2.24, 2.45) is 0 Å². The molecule has 0 heterocycles. The molecule has 0 aliphatic heterocycles. The van der Waals surface area contributed by atoms with Crippen molar-refractivity contribution in [3.8, 4) is 11.5 Å². The monoisotopic (exact) mass is 318 g/mol. The average molecular weight is 318 g/mol. The minimum Gasteiger partial charge on any atom is -0.508 e. The van der Waals surface area contributed by atoms with E-state index in [1.165, 1.54) is 12.1 Å². The van der Waals surface area contributed by atoms with Crippen molar-refractivity contribution in [3.63, 3.8) is 0 Å². The molecule has 0 radical (unpaired) electrons. The highest BCUT2D eigenvalue weighted by atomic mass is 19.1. The SMILES string of the molecule is CCC1(c2cc(F)c(O)c(F)c2)CCCc2cc(O)ccc2C1. The molecule has 1 aliphatic rings. The number of hydrogen-bond donors (Lipinski definition) is 2. The molecule has 2 nitrogen and oxygen atoms in total. The zero-order valence-electron chi connectivity index (χ0n) is 13.1. The summed E-state index contributed by atoms with van der Waals surface area (Å²) in [5.41, 5.74) is 2.43. The van der Waals surface area contributed by atoms with E-state index in [1.54, 1.807) is 12.1 Å². The second-order valence-corrected chi connectivity index (χ2v) is 6.41. The predicted octanol–water partition coefficient (Wildman–Crippen LogP) is 4.60. The molecule has 23 heavy (non-hydrogen) atoms. The Morgan fingerprint density at radius 2 is 1.74 bits per heavy atom. The number of phenols is 2. The van der Waals surface area contributed by atoms with Crippen LogP contribution >= 0.6 is 0 Å². The molecule has 0 aromatic heterocycles. The van der Waals surface area contributed by atoms with Gasteiger partial charge in [-0.05, 0) is 78.5 Å². The summed E-state index contributed by atoms with van der Waals surface area (Å²) in [5, 5.41) is 19.0. The van der Waals surface area contributed by atoms with Crippen LogP contribution in [0.5, 0.6) is 11.5 Å². The van der Waals surface area contributed by atoms with Crippen LogP contribution in [0.15, 0.2) is 30.3 Å². The van der Waals surface area contributed by atoms with Gasteiger partial charge in [0, 0.05) is 0 Å². The Morgan fingerprint density at radius 3 is 2.39 bits per heavy atom. The van der Waals surface area contributed by atoms with Gasteiger partial charge in [0.2, 0.25) is 0 Å². The lowest BCUT2D eigenvalue weighted by Crippen LogP contribution is -2.28. The van der Waals surface area contributed by atoms with Crippen LogP contribution in [0.3, 0.4) is 0 Å². The number of aryl methyl sites for hydroxylation is 1. The predicted molar refractivity (Wildman–Crippen MR) is 84.7 cm³/mol. The fraction of sp³-hybridized carbons (Fsp3) is 0.368. The number of benzene rings is 2. The molecule has 0 amide bonds. The molecule has 0 fully saturated rings. The van der Waals surface area contributed by atoms with E-state index in [0.717, 1.165) is 36.8 Å². The van der Waals surface area contributed by atoms with Crippen LogP contribution in [0, 0.1) is 11.6 Å². The molecule has 4 heteroatoms. The largest absolute Gasteiger partial charge is 0.508 e. The van der Waals surface area contributed by atoms with Crippen LogP contribution in [-0.4, -0.2) is 10.2 Å². The van der Waals surface area contributed by atoms with Gasteiger partial charge in [0.05, 0.1) is 0 Å². The Labute approximate surface area is 134 Å². The van der Waals surface area contributed by atoms with E-state index in [4.69, 9.17) is 0 Å². The van der Waals surface area contributed by atoms with Crippen molar-refractivity contribution in [1.82, 2.24) is 0 Å². The van der Waals surface area contributed by atoms with Gasteiger partial charge >= 0.3 is 0 Å². The first-order valence-electron chi connectivity index (χ1n) is 7.94. The van der Waals surface area contributed by atoms with Crippen LogP contribution in [0.25, 0.3) is 0 Å². The summed E-state index contributed by atoms with van der Waals surface area (Å²) in [5.74, 6) is -2.50. The first-order valence-corrected chi connectivity index (χ1v) is 7.94. The van der Waals surface area contributed by atoms with Crippen LogP contribution in [0.2, 0.25) is 0 Å². The van der Waals surface area contributed by atoms with Gasteiger partial charge in [0.15, 0.2) is 17.4 Å². The van der Waals surface area contributed by atoms with Crippen LogP contribution in [0.4, 0.5) is 8.78 Å². The quantitative estimate of drug-likeness (QED) is 0.794. The van der Waals surface area contributed by atoms with Gasteiger partial charge in [0.25, 0.3) is 0 Å². The standard InChI is InChI=1S/C19H20F2O2/c1-2-19(14-9-16(20)18(23)17(21)10-14)7-3-4-12-8-15(22)6-5-13(12)11-19/h5-6,8-10,22-23H,2-4,7,11H2,1H3. The highest BCUT2D eigenvalue weighted by Crippen LogP contribution is 2.42. The third kappa shape index (κ3) is 2.78. The number of halogens is 2. The Morgan fingerprint density at radius 1 is 1.04 bits per heavy atom. The summed E-state index contributed by atoms with van der Waals surface area (Å²) in [6.45, 7) is 2.02. The number of hydrogen-bond acceptors (Lipinski definition) is 2. The second-order valence-electron chi connectivity index (χ2n) is 6.41. The van der Waals surface area contributed by atoms with Crippen molar-refractivity contribution in [2.75, 3.05) is 0 Å². The van der Waals surface area contributed by atoms with Gasteiger partial charge < -0.3 is 10.2 Å². The van der Waals surface area contributed by atoms with Gasteiger partial charge in [0.1, 0.15) is 5.75 Å². The number of fused-ring (bicyclic) bond motifs is 1. The summed E-state index contributed by atoms with van der Waals surface area (Å²) in [6.07, 6.45) is 3.95. The van der Waals surface area contributed by atoms with Crippen LogP contribution < -0.4 is 0 Å². The summed E-state index contributed by atoms with van der Waals surface area (Å²) in [4.78, 5) is 0. The molecule has 0 spiro atoms. The maximum absolute atomic E-state index is 13.8. The van der Waals surface area contributed by atoms with Crippen molar-refractivity contribution < 1.29 is 19.0 Å². The summed E-state index contributed by atoms with van der Waals surface area (Å²) < 4.78 is 27.7. The van der Waals surface area contributed by atoms with Crippen molar-refractivity contribution in [2.45, 2.75) is 44.4 Å². The molecular weight excluding hydrogens is 298 g/mol. The third-order valence-electron chi connectivity index (χ3n) is 5.13. The van der Waals surface area contributed by atoms with Crippen molar-refractivity contribution >= 4 is 0 Å². The van der Waals surface area contributed by atoms with Crippen LogP contribution in [0.1, 0.15) is 42.9 Å². The van der Waals surface area contributed by atoms with E-state index in [-0.39, 0.29) is 11.2 Å². The number of phenolic OH excluding ortho intramolecular Hbond substituents is 2. The highest BCUT2D eigenvalue weighted by Gasteiger charge is 2.34. The van der Waals surface area contributed by atoms with Gasteiger partial charge in [-0.3, -0.25) is 0 Å². The number of rotatable bonds is 2. The maximum Gasteiger partial charge on any atom is 0.187 e. The van der Waals surface area contributed by atoms with E-state index in [1.807, 2.05) is 13.0 Å². The van der Waals surface area contributed by atoms with Gasteiger partial charge in [-0.15, -0.1) is 0 Å². The first kappa shape index (κ1) is 15.8. The smallest absolute Gasteiger partial charge is 0.187 e. The second kappa shape index (κ2) is 5.84. The molecule has 1 aliphatic carbocycles. The van der Waals surface area contributed by atoms with Crippen LogP contribution in [-0.2, 0) is 18.3 Å². The zero-order valence-corrected chi connectivity index (χ0v) is 13.1. The molecule has 2 aromatic rings. The van der Waals surface area contributed by atoms with Gasteiger partial charge in [-0.1, -0.05) is 13.0 Å². The maximum atomic E-state index is 13.8. The van der Waals surface area contributed by atoms with Gasteiger partial charge in [-0.2, -0.15) is 0 Å². The molecule has 0 saturated heterocycles. The van der Waals surface area contributed by atoms with Crippen molar-refractivity contribution in [3.05, 3.63) is 58.7 Å². The van der Waals surface area contributed by atoms with E-state index in [2.05, 4.69) is 0 Å². The molecule has 2 N–H and O–H groups in total. The Kier molecular flexibility index (Phi) is 4.00. The fourth-order valence-electron chi connectivity index (χ4n) is 3.71. The lowest BCUT2D eigenvalue weighted by Gasteiger charge is -2.33. The van der Waals surface area contributed by atoms with E-state index < -0.39 is 17.4 Å². The lowest BCUT2D eigenvalue weighted by atomic mass is 9.71. The topological polar surface area (TPSA) is 40.5 Å². The molecule has 1 unspecified atom stereocenters. The summed E-state index contributed by atoms with van der Waals surface area (Å²) >= 11 is 0. The van der Waals surface area contributed by atoms with Crippen molar-refractivity contribution in [1.29, 1.82) is 0 Å². The molecular formula is C19H20F2O2. The van der Waals surface area contributed by atoms with E-state index >= 15 is 0 Å². The molecule has 0 saturated carbocycles. The fourth-order valence-corrected chi connectivity index (χ4v) is 3.71. The minimum atomic E-state index is -0.918. The number of aromatic hydroxyl groups is 2. The normalized spacial score (nSPS) is 20.8. The van der Waals surface area contributed by atoms with Gasteiger partial charge in [-0.25, -0.2) is 8.78 Å². The Bertz CT molecular complexity index is 719. The van der Waals surface area contributed by atoms with E-state index in [0.29, 0.717) is 12.0 Å². The average Bonchev–Trinajstić information content (AvgIpc) is 2.71. The minimum absolute atomic E-state index is 0.245. The first-order chi connectivity index (χ1) is 10.9. The summed E-state index contributed by atoms with van der Waals surface area (Å²) in [6, 6.07) is 7.84. The molecule has 3 rings (SSSR count). The molecule has 122 valence electrons.